The number of hydrogen-bond donors (Lipinski definition) is 0. The number of hydrogen-bond acceptors (Lipinski definition) is 4. The first kappa shape index (κ1) is 20.8. The summed E-state index contributed by atoms with van der Waals surface area (Å²) in [4.78, 5) is 33.5. The van der Waals surface area contributed by atoms with Gasteiger partial charge in [0.25, 0.3) is 5.69 Å². The van der Waals surface area contributed by atoms with Crippen molar-refractivity contribution in [2.45, 2.75) is 14.1 Å². The summed E-state index contributed by atoms with van der Waals surface area (Å²) in [6.07, 6.45) is 0. The maximum Gasteiger partial charge on any atom is 0.271 e. The van der Waals surface area contributed by atoms with Gasteiger partial charge in [0.1, 0.15) is 9.75 Å². The fourth-order valence-electron chi connectivity index (χ4n) is 4.02. The molecule has 13 heteroatoms. The second kappa shape index (κ2) is 6.03. The van der Waals surface area contributed by atoms with Gasteiger partial charge in [-0.3, -0.25) is 19.7 Å². The Morgan fingerprint density at radius 1 is 0.929 bits per heavy atom. The maximum atomic E-state index is 13.2. The molecule has 0 aromatic heterocycles. The third-order valence-corrected chi connectivity index (χ3v) is 9.87. The standard InChI is InChI=1S/C15H5Cl7N2O4/c16-5-2-1-4(24(27)28)3-6(5)23-11(25)7-8(12(23)26)14(20)10(18)9(17)13(7,19)15(14,21)22/h1-3,7-8H/t7-,8+,13-,14-/m0/s1. The number of carbonyl (C=O) groups excluding carboxylic acids is 2. The largest absolute Gasteiger partial charge is 0.274 e. The van der Waals surface area contributed by atoms with E-state index in [0.29, 0.717) is 4.90 Å². The Morgan fingerprint density at radius 3 is 1.82 bits per heavy atom. The van der Waals surface area contributed by atoms with Crippen molar-refractivity contribution in [3.63, 3.8) is 0 Å². The smallest absolute Gasteiger partial charge is 0.271 e. The molecule has 1 saturated carbocycles. The molecule has 0 spiro atoms. The second-order valence-corrected chi connectivity index (χ2v) is 10.2. The molecule has 1 heterocycles. The molecule has 2 aliphatic carbocycles. The van der Waals surface area contributed by atoms with E-state index in [1.54, 1.807) is 0 Å². The van der Waals surface area contributed by atoms with Gasteiger partial charge in [-0.05, 0) is 6.07 Å². The number of non-ortho nitro benzene ring substituents is 1. The van der Waals surface area contributed by atoms with Gasteiger partial charge in [0.2, 0.25) is 11.8 Å². The molecule has 1 saturated heterocycles. The van der Waals surface area contributed by atoms with Gasteiger partial charge < -0.3 is 0 Å². The molecule has 0 unspecified atom stereocenters. The number of rotatable bonds is 2. The first-order chi connectivity index (χ1) is 12.8. The number of nitro groups is 1. The molecule has 4 atom stereocenters. The number of nitro benzene ring substituents is 1. The second-order valence-electron chi connectivity index (χ2n) is 6.49. The Kier molecular flexibility index (Phi) is 4.48. The molecule has 28 heavy (non-hydrogen) atoms. The SMILES string of the molecule is O=C1[C@@H]2[C@H](C(=O)N1c1cc([N+](=O)[O-])ccc1Cl)[C@]1(Cl)C(Cl)=C(Cl)[C@]2(Cl)C1(Cl)Cl. The van der Waals surface area contributed by atoms with E-state index in [1.807, 2.05) is 0 Å². The lowest BCUT2D eigenvalue weighted by Crippen LogP contribution is -2.50. The molecule has 0 radical (unpaired) electrons. The molecule has 148 valence electrons. The lowest BCUT2D eigenvalue weighted by molar-refractivity contribution is -0.384. The van der Waals surface area contributed by atoms with Crippen molar-refractivity contribution in [2.75, 3.05) is 4.90 Å². The van der Waals surface area contributed by atoms with E-state index in [1.165, 1.54) is 6.07 Å². The minimum absolute atomic E-state index is 0.0694. The van der Waals surface area contributed by atoms with Gasteiger partial charge >= 0.3 is 0 Å². The quantitative estimate of drug-likeness (QED) is 0.230. The van der Waals surface area contributed by atoms with Gasteiger partial charge in [0.05, 0.1) is 37.5 Å². The van der Waals surface area contributed by atoms with Crippen LogP contribution in [0.1, 0.15) is 0 Å². The van der Waals surface area contributed by atoms with Crippen LogP contribution in [0.2, 0.25) is 5.02 Å². The predicted molar refractivity (Wildman–Crippen MR) is 108 cm³/mol. The van der Waals surface area contributed by atoms with Crippen LogP contribution in [-0.2, 0) is 9.59 Å². The van der Waals surface area contributed by atoms with E-state index < -0.39 is 42.7 Å². The molecule has 1 aromatic carbocycles. The van der Waals surface area contributed by atoms with Crippen molar-refractivity contribution in [2.24, 2.45) is 11.8 Å². The molecule has 2 amide bonds. The summed E-state index contributed by atoms with van der Waals surface area (Å²) in [6.45, 7) is 0. The third-order valence-electron chi connectivity index (χ3n) is 5.29. The number of amides is 2. The summed E-state index contributed by atoms with van der Waals surface area (Å²) in [7, 11) is 0. The number of carbonyl (C=O) groups is 2. The number of fused-ring (bicyclic) bond motifs is 5. The van der Waals surface area contributed by atoms with Gasteiger partial charge in [-0.25, -0.2) is 4.90 Å². The normalized spacial score (nSPS) is 35.8. The fourth-order valence-corrected chi connectivity index (χ4v) is 7.15. The van der Waals surface area contributed by atoms with Crippen LogP contribution in [-0.4, -0.2) is 30.8 Å². The van der Waals surface area contributed by atoms with E-state index >= 15 is 0 Å². The number of benzene rings is 1. The van der Waals surface area contributed by atoms with Crippen LogP contribution in [0.25, 0.3) is 0 Å². The lowest BCUT2D eigenvalue weighted by Gasteiger charge is -2.34. The number of anilines is 1. The summed E-state index contributed by atoms with van der Waals surface area (Å²) in [6, 6.07) is 3.32. The molecule has 6 nitrogen and oxygen atoms in total. The predicted octanol–water partition coefficient (Wildman–Crippen LogP) is 5.20. The van der Waals surface area contributed by atoms with Crippen LogP contribution in [0.4, 0.5) is 11.4 Å². The topological polar surface area (TPSA) is 80.5 Å². The highest BCUT2D eigenvalue weighted by Crippen LogP contribution is 2.77. The third kappa shape index (κ3) is 2.05. The fraction of sp³-hybridized carbons (Fsp3) is 0.333. The van der Waals surface area contributed by atoms with Crippen molar-refractivity contribution >= 4 is 104 Å². The zero-order chi connectivity index (χ0) is 21.0. The number of nitrogens with zero attached hydrogens (tertiary/aromatic N) is 2. The summed E-state index contributed by atoms with van der Waals surface area (Å²) >= 11 is 44.5. The van der Waals surface area contributed by atoms with Crippen molar-refractivity contribution < 1.29 is 14.5 Å². The van der Waals surface area contributed by atoms with Gasteiger partial charge in [-0.1, -0.05) is 58.0 Å². The zero-order valence-electron chi connectivity index (χ0n) is 13.1. The molecule has 3 aliphatic rings. The molecule has 2 fully saturated rings. The van der Waals surface area contributed by atoms with E-state index in [4.69, 9.17) is 81.2 Å². The van der Waals surface area contributed by atoms with Gasteiger partial charge in [-0.15, -0.1) is 23.2 Å². The van der Waals surface area contributed by atoms with E-state index in [0.717, 1.165) is 12.1 Å². The Bertz CT molecular complexity index is 982. The Balaban J connectivity index is 1.91. The van der Waals surface area contributed by atoms with Crippen LogP contribution in [0.5, 0.6) is 0 Å². The van der Waals surface area contributed by atoms with E-state index in [2.05, 4.69) is 0 Å². The Labute approximate surface area is 192 Å². The highest BCUT2D eigenvalue weighted by molar-refractivity contribution is 6.67. The number of allylic oxidation sites excluding steroid dienone is 2. The molecular formula is C15H5Cl7N2O4. The van der Waals surface area contributed by atoms with E-state index in [9.17, 15) is 19.7 Å². The van der Waals surface area contributed by atoms with Crippen molar-refractivity contribution in [1.29, 1.82) is 0 Å². The first-order valence-corrected chi connectivity index (χ1v) is 10.1. The van der Waals surface area contributed by atoms with E-state index in [-0.39, 0.29) is 26.5 Å². The van der Waals surface area contributed by atoms with Crippen LogP contribution >= 0.6 is 81.2 Å². The first-order valence-electron chi connectivity index (χ1n) is 7.47. The molecule has 1 aliphatic heterocycles. The summed E-state index contributed by atoms with van der Waals surface area (Å²) < 4.78 is -2.06. The lowest BCUT2D eigenvalue weighted by atomic mass is 9.84. The molecule has 1 aromatic rings. The Morgan fingerprint density at radius 2 is 1.39 bits per heavy atom. The average molecular weight is 525 g/mol. The van der Waals surface area contributed by atoms with Crippen LogP contribution < -0.4 is 4.90 Å². The molecular weight excluding hydrogens is 520 g/mol. The van der Waals surface area contributed by atoms with Crippen molar-refractivity contribution in [3.8, 4) is 0 Å². The Hall–Kier alpha value is -0.470. The number of imide groups is 1. The maximum absolute atomic E-state index is 13.2. The minimum atomic E-state index is -2.06. The minimum Gasteiger partial charge on any atom is -0.274 e. The van der Waals surface area contributed by atoms with Gasteiger partial charge in [0, 0.05) is 12.1 Å². The highest BCUT2D eigenvalue weighted by atomic mass is 35.5. The molecule has 4 rings (SSSR count). The summed E-state index contributed by atoms with van der Waals surface area (Å²) in [5.74, 6) is -4.38. The molecule has 0 N–H and O–H groups in total. The summed E-state index contributed by atoms with van der Waals surface area (Å²) in [5.41, 5.74) is -0.568. The molecule has 2 bridgehead atoms. The van der Waals surface area contributed by atoms with Gasteiger partial charge in [0.15, 0.2) is 4.33 Å². The number of alkyl halides is 4. The van der Waals surface area contributed by atoms with Crippen molar-refractivity contribution in [1.82, 2.24) is 0 Å². The monoisotopic (exact) mass is 522 g/mol. The summed E-state index contributed by atoms with van der Waals surface area (Å²) in [5, 5.41) is 10.5. The average Bonchev–Trinajstić information content (AvgIpc) is 3.00. The van der Waals surface area contributed by atoms with Gasteiger partial charge in [-0.2, -0.15) is 0 Å². The van der Waals surface area contributed by atoms with Crippen LogP contribution in [0, 0.1) is 22.0 Å². The highest BCUT2D eigenvalue weighted by Gasteiger charge is 2.87. The van der Waals surface area contributed by atoms with Crippen molar-refractivity contribution in [3.05, 3.63) is 43.4 Å². The van der Waals surface area contributed by atoms with Crippen LogP contribution in [0.3, 0.4) is 0 Å². The number of halogens is 7. The van der Waals surface area contributed by atoms with Crippen LogP contribution in [0.15, 0.2) is 28.3 Å². The zero-order valence-corrected chi connectivity index (χ0v) is 18.4.